The third-order valence-corrected chi connectivity index (χ3v) is 4.63. The fourth-order valence-electron chi connectivity index (χ4n) is 2.69. The number of ether oxygens (including phenoxy) is 2. The van der Waals surface area contributed by atoms with Gasteiger partial charge in [0.05, 0.1) is 12.2 Å². The van der Waals surface area contributed by atoms with E-state index in [-0.39, 0.29) is 12.5 Å². The van der Waals surface area contributed by atoms with Gasteiger partial charge in [0, 0.05) is 10.7 Å². The van der Waals surface area contributed by atoms with E-state index in [9.17, 15) is 4.79 Å². The molecule has 0 radical (unpaired) electrons. The summed E-state index contributed by atoms with van der Waals surface area (Å²) in [5.74, 6) is 1.21. The van der Waals surface area contributed by atoms with Crippen molar-refractivity contribution >= 4 is 28.9 Å². The van der Waals surface area contributed by atoms with E-state index in [0.717, 1.165) is 17.0 Å². The van der Waals surface area contributed by atoms with Gasteiger partial charge >= 0.3 is 0 Å². The van der Waals surface area contributed by atoms with Crippen molar-refractivity contribution in [3.8, 4) is 11.5 Å². The number of rotatable bonds is 9. The smallest absolute Gasteiger partial charge is 0.243 e. The Morgan fingerprint density at radius 3 is 2.38 bits per heavy atom. The van der Waals surface area contributed by atoms with Gasteiger partial charge in [-0.05, 0) is 48.9 Å². The SMILES string of the molecule is Cc1c(Cl)cccc1NCC(=O)Nc1ccccc1OCCOc1ccccc1. The summed E-state index contributed by atoms with van der Waals surface area (Å²) in [6.45, 7) is 2.79. The molecular formula is C23H23ClN2O3. The number of para-hydroxylation sites is 3. The third-order valence-electron chi connectivity index (χ3n) is 4.22. The molecule has 0 saturated heterocycles. The summed E-state index contributed by atoms with van der Waals surface area (Å²) in [4.78, 5) is 12.4. The zero-order chi connectivity index (χ0) is 20.5. The topological polar surface area (TPSA) is 59.6 Å². The predicted molar refractivity (Wildman–Crippen MR) is 117 cm³/mol. The van der Waals surface area contributed by atoms with Crippen LogP contribution in [0.25, 0.3) is 0 Å². The van der Waals surface area contributed by atoms with Crippen molar-refractivity contribution < 1.29 is 14.3 Å². The van der Waals surface area contributed by atoms with Gasteiger partial charge in [-0.15, -0.1) is 0 Å². The maximum absolute atomic E-state index is 12.4. The van der Waals surface area contributed by atoms with Gasteiger partial charge in [0.1, 0.15) is 24.7 Å². The minimum absolute atomic E-state index is 0.118. The van der Waals surface area contributed by atoms with E-state index < -0.39 is 0 Å². The van der Waals surface area contributed by atoms with Gasteiger partial charge in [0.15, 0.2) is 0 Å². The molecule has 0 atom stereocenters. The lowest BCUT2D eigenvalue weighted by Crippen LogP contribution is -2.22. The number of nitrogens with one attached hydrogen (secondary N) is 2. The molecule has 2 N–H and O–H groups in total. The molecule has 5 nitrogen and oxygen atoms in total. The number of amides is 1. The molecule has 0 aliphatic carbocycles. The summed E-state index contributed by atoms with van der Waals surface area (Å²) in [6, 6.07) is 22.4. The van der Waals surface area contributed by atoms with E-state index in [0.29, 0.717) is 29.7 Å². The van der Waals surface area contributed by atoms with Crippen molar-refractivity contribution in [1.29, 1.82) is 0 Å². The van der Waals surface area contributed by atoms with Crippen LogP contribution in [0.5, 0.6) is 11.5 Å². The molecule has 0 spiro atoms. The molecule has 0 bridgehead atoms. The number of anilines is 2. The van der Waals surface area contributed by atoms with Gasteiger partial charge < -0.3 is 20.1 Å². The molecule has 0 unspecified atom stereocenters. The Labute approximate surface area is 175 Å². The Bertz CT molecular complexity index is 948. The molecule has 3 rings (SSSR count). The van der Waals surface area contributed by atoms with E-state index in [2.05, 4.69) is 10.6 Å². The molecule has 0 heterocycles. The molecule has 0 aromatic heterocycles. The van der Waals surface area contributed by atoms with Crippen molar-refractivity contribution in [2.75, 3.05) is 30.4 Å². The van der Waals surface area contributed by atoms with Crippen LogP contribution in [-0.2, 0) is 4.79 Å². The Balaban J connectivity index is 1.50. The Hall–Kier alpha value is -3.18. The summed E-state index contributed by atoms with van der Waals surface area (Å²) >= 11 is 6.11. The number of carbonyl (C=O) groups excluding carboxylic acids is 1. The molecule has 3 aromatic carbocycles. The lowest BCUT2D eigenvalue weighted by molar-refractivity contribution is -0.114. The highest BCUT2D eigenvalue weighted by Gasteiger charge is 2.09. The summed E-state index contributed by atoms with van der Waals surface area (Å²) in [7, 11) is 0. The minimum atomic E-state index is -0.180. The number of benzene rings is 3. The van der Waals surface area contributed by atoms with E-state index >= 15 is 0 Å². The molecule has 0 aliphatic rings. The summed E-state index contributed by atoms with van der Waals surface area (Å²) in [6.07, 6.45) is 0. The second-order valence-corrected chi connectivity index (χ2v) is 6.73. The van der Waals surface area contributed by atoms with Gasteiger partial charge in [0.25, 0.3) is 0 Å². The van der Waals surface area contributed by atoms with Gasteiger partial charge in [-0.2, -0.15) is 0 Å². The molecule has 150 valence electrons. The first-order chi connectivity index (χ1) is 14.1. The average molecular weight is 411 g/mol. The van der Waals surface area contributed by atoms with Crippen LogP contribution in [0.15, 0.2) is 72.8 Å². The molecule has 6 heteroatoms. The van der Waals surface area contributed by atoms with Gasteiger partial charge in [-0.1, -0.05) is 48.0 Å². The maximum atomic E-state index is 12.4. The largest absolute Gasteiger partial charge is 0.490 e. The number of carbonyl (C=O) groups is 1. The zero-order valence-corrected chi connectivity index (χ0v) is 16.9. The standard InChI is InChI=1S/C23H23ClN2O3/c1-17-19(24)10-7-12-20(17)25-16-23(27)26-21-11-5-6-13-22(21)29-15-14-28-18-8-3-2-4-9-18/h2-13,25H,14-16H2,1H3,(H,26,27). The first kappa shape index (κ1) is 20.6. The molecule has 29 heavy (non-hydrogen) atoms. The zero-order valence-electron chi connectivity index (χ0n) is 16.2. The predicted octanol–water partition coefficient (Wildman–Crippen LogP) is 5.16. The Kier molecular flexibility index (Phi) is 7.36. The summed E-state index contributed by atoms with van der Waals surface area (Å²) in [5.41, 5.74) is 2.35. The van der Waals surface area contributed by atoms with Crippen LogP contribution in [0.1, 0.15) is 5.56 Å². The third kappa shape index (κ3) is 6.16. The molecular weight excluding hydrogens is 388 g/mol. The normalized spacial score (nSPS) is 10.3. The van der Waals surface area contributed by atoms with Gasteiger partial charge in [-0.3, -0.25) is 4.79 Å². The lowest BCUT2D eigenvalue weighted by atomic mass is 10.2. The van der Waals surface area contributed by atoms with Crippen molar-refractivity contribution in [1.82, 2.24) is 0 Å². The highest BCUT2D eigenvalue weighted by atomic mass is 35.5. The highest BCUT2D eigenvalue weighted by Crippen LogP contribution is 2.25. The van der Waals surface area contributed by atoms with E-state index in [1.807, 2.05) is 73.7 Å². The van der Waals surface area contributed by atoms with Crippen LogP contribution in [0, 0.1) is 6.92 Å². The molecule has 0 fully saturated rings. The van der Waals surface area contributed by atoms with Crippen LogP contribution < -0.4 is 20.1 Å². The number of hydrogen-bond donors (Lipinski definition) is 2. The van der Waals surface area contributed by atoms with Crippen molar-refractivity contribution in [3.05, 3.63) is 83.4 Å². The quantitative estimate of drug-likeness (QED) is 0.478. The fraction of sp³-hybridized carbons (Fsp3) is 0.174. The lowest BCUT2D eigenvalue weighted by Gasteiger charge is -2.14. The molecule has 1 amide bonds. The van der Waals surface area contributed by atoms with Crippen molar-refractivity contribution in [2.24, 2.45) is 0 Å². The maximum Gasteiger partial charge on any atom is 0.243 e. The Morgan fingerprint density at radius 2 is 1.55 bits per heavy atom. The first-order valence-electron chi connectivity index (χ1n) is 9.32. The van der Waals surface area contributed by atoms with Crippen LogP contribution in [-0.4, -0.2) is 25.7 Å². The fourth-order valence-corrected chi connectivity index (χ4v) is 2.87. The highest BCUT2D eigenvalue weighted by molar-refractivity contribution is 6.31. The van der Waals surface area contributed by atoms with Crippen LogP contribution >= 0.6 is 11.6 Å². The summed E-state index contributed by atoms with van der Waals surface area (Å²) < 4.78 is 11.4. The molecule has 3 aromatic rings. The Morgan fingerprint density at radius 1 is 0.862 bits per heavy atom. The second-order valence-electron chi connectivity index (χ2n) is 6.32. The first-order valence-corrected chi connectivity index (χ1v) is 9.70. The average Bonchev–Trinajstić information content (AvgIpc) is 2.74. The molecule has 0 aliphatic heterocycles. The number of halogens is 1. The van der Waals surface area contributed by atoms with Crippen LogP contribution in [0.4, 0.5) is 11.4 Å². The van der Waals surface area contributed by atoms with E-state index in [4.69, 9.17) is 21.1 Å². The van der Waals surface area contributed by atoms with Gasteiger partial charge in [0.2, 0.25) is 5.91 Å². The van der Waals surface area contributed by atoms with Gasteiger partial charge in [-0.25, -0.2) is 0 Å². The molecule has 0 saturated carbocycles. The van der Waals surface area contributed by atoms with E-state index in [1.165, 1.54) is 0 Å². The minimum Gasteiger partial charge on any atom is -0.490 e. The summed E-state index contributed by atoms with van der Waals surface area (Å²) in [5, 5.41) is 6.64. The van der Waals surface area contributed by atoms with E-state index in [1.54, 1.807) is 6.07 Å². The van der Waals surface area contributed by atoms with Crippen molar-refractivity contribution in [2.45, 2.75) is 6.92 Å². The monoisotopic (exact) mass is 410 g/mol. The second kappa shape index (κ2) is 10.4. The number of hydrogen-bond acceptors (Lipinski definition) is 4. The van der Waals surface area contributed by atoms with Crippen LogP contribution in [0.3, 0.4) is 0 Å². The van der Waals surface area contributed by atoms with Crippen LogP contribution in [0.2, 0.25) is 5.02 Å². The van der Waals surface area contributed by atoms with Crippen molar-refractivity contribution in [3.63, 3.8) is 0 Å².